The van der Waals surface area contributed by atoms with Crippen molar-refractivity contribution in [2.75, 3.05) is 20.2 Å². The standard InChI is InChI=1S/C19H26N4O2/c1-14-16(19(25-3)22(2)21-14)13-20-17(15-9-5-4-6-10-15)18(24)23-11-7-8-12-23/h4-6,9-10,17,20H,7-8,11-13H2,1-3H3/t17-/m0/s1. The Hall–Kier alpha value is -2.34. The fourth-order valence-corrected chi connectivity index (χ4v) is 3.46. The molecule has 1 atom stereocenters. The smallest absolute Gasteiger partial charge is 0.244 e. The summed E-state index contributed by atoms with van der Waals surface area (Å²) in [5.41, 5.74) is 2.88. The molecule has 0 radical (unpaired) electrons. The summed E-state index contributed by atoms with van der Waals surface area (Å²) in [5.74, 6) is 0.870. The highest BCUT2D eigenvalue weighted by Gasteiger charge is 2.28. The van der Waals surface area contributed by atoms with E-state index >= 15 is 0 Å². The summed E-state index contributed by atoms with van der Waals surface area (Å²) in [7, 11) is 3.50. The number of benzene rings is 1. The highest BCUT2D eigenvalue weighted by molar-refractivity contribution is 5.83. The molecule has 0 unspecified atom stereocenters. The summed E-state index contributed by atoms with van der Waals surface area (Å²) in [5, 5.41) is 7.84. The number of likely N-dealkylation sites (tertiary alicyclic amines) is 1. The van der Waals surface area contributed by atoms with Gasteiger partial charge < -0.3 is 9.64 Å². The number of aromatic nitrogens is 2. The minimum absolute atomic E-state index is 0.143. The number of nitrogens with one attached hydrogen (secondary N) is 1. The summed E-state index contributed by atoms with van der Waals surface area (Å²) in [4.78, 5) is 15.0. The lowest BCUT2D eigenvalue weighted by molar-refractivity contribution is -0.132. The molecule has 1 aromatic heterocycles. The Balaban J connectivity index is 1.82. The number of rotatable bonds is 6. The van der Waals surface area contributed by atoms with Gasteiger partial charge in [0.05, 0.1) is 18.4 Å². The van der Waals surface area contributed by atoms with Gasteiger partial charge in [0.15, 0.2) is 0 Å². The first-order valence-electron chi connectivity index (χ1n) is 8.75. The molecule has 0 saturated carbocycles. The lowest BCUT2D eigenvalue weighted by atomic mass is 10.0. The molecule has 134 valence electrons. The molecule has 1 aliphatic rings. The monoisotopic (exact) mass is 342 g/mol. The van der Waals surface area contributed by atoms with Crippen LogP contribution in [0, 0.1) is 6.92 Å². The summed E-state index contributed by atoms with van der Waals surface area (Å²) in [6.45, 7) is 4.18. The molecule has 2 aromatic rings. The molecule has 1 saturated heterocycles. The molecule has 0 bridgehead atoms. The van der Waals surface area contributed by atoms with Crippen molar-refractivity contribution in [1.29, 1.82) is 0 Å². The third-order valence-electron chi connectivity index (χ3n) is 4.76. The Kier molecular flexibility index (Phi) is 5.38. The van der Waals surface area contributed by atoms with Crippen LogP contribution < -0.4 is 10.1 Å². The van der Waals surface area contributed by atoms with E-state index in [1.807, 2.05) is 49.2 Å². The Morgan fingerprint density at radius 1 is 1.28 bits per heavy atom. The predicted octanol–water partition coefficient (Wildman–Crippen LogP) is 2.19. The average Bonchev–Trinajstić information content (AvgIpc) is 3.24. The van der Waals surface area contributed by atoms with E-state index in [1.54, 1.807) is 11.8 Å². The highest BCUT2D eigenvalue weighted by Crippen LogP contribution is 2.24. The van der Waals surface area contributed by atoms with Crippen LogP contribution in [0.2, 0.25) is 0 Å². The van der Waals surface area contributed by atoms with Crippen molar-refractivity contribution in [3.8, 4) is 5.88 Å². The molecule has 25 heavy (non-hydrogen) atoms. The maximum atomic E-state index is 13.0. The molecule has 6 nitrogen and oxygen atoms in total. The van der Waals surface area contributed by atoms with Crippen LogP contribution in [0.15, 0.2) is 30.3 Å². The van der Waals surface area contributed by atoms with Gasteiger partial charge >= 0.3 is 0 Å². The number of methoxy groups -OCH3 is 1. The van der Waals surface area contributed by atoms with Gasteiger partial charge in [0.25, 0.3) is 0 Å². The van der Waals surface area contributed by atoms with E-state index in [1.165, 1.54) is 0 Å². The van der Waals surface area contributed by atoms with Gasteiger partial charge in [-0.1, -0.05) is 30.3 Å². The quantitative estimate of drug-likeness (QED) is 0.874. The second kappa shape index (κ2) is 7.70. The van der Waals surface area contributed by atoms with Crippen LogP contribution in [-0.2, 0) is 18.4 Å². The number of amides is 1. The van der Waals surface area contributed by atoms with Gasteiger partial charge in [0.1, 0.15) is 6.04 Å². The zero-order chi connectivity index (χ0) is 17.8. The fourth-order valence-electron chi connectivity index (χ4n) is 3.46. The summed E-state index contributed by atoms with van der Waals surface area (Å²) < 4.78 is 7.19. The lowest BCUT2D eigenvalue weighted by Crippen LogP contribution is -2.39. The van der Waals surface area contributed by atoms with E-state index in [0.29, 0.717) is 6.54 Å². The van der Waals surface area contributed by atoms with Gasteiger partial charge in [-0.05, 0) is 25.3 Å². The zero-order valence-corrected chi connectivity index (χ0v) is 15.2. The number of carbonyl (C=O) groups is 1. The molecule has 1 aliphatic heterocycles. The maximum Gasteiger partial charge on any atom is 0.244 e. The molecule has 2 heterocycles. The van der Waals surface area contributed by atoms with Crippen molar-refractivity contribution >= 4 is 5.91 Å². The molecule has 0 aliphatic carbocycles. The Bertz CT molecular complexity index is 721. The maximum absolute atomic E-state index is 13.0. The van der Waals surface area contributed by atoms with E-state index < -0.39 is 0 Å². The lowest BCUT2D eigenvalue weighted by Gasteiger charge is -2.24. The Morgan fingerprint density at radius 3 is 2.60 bits per heavy atom. The number of hydrogen-bond acceptors (Lipinski definition) is 4. The zero-order valence-electron chi connectivity index (χ0n) is 15.2. The van der Waals surface area contributed by atoms with Gasteiger partial charge in [0.2, 0.25) is 11.8 Å². The highest BCUT2D eigenvalue weighted by atomic mass is 16.5. The second-order valence-corrected chi connectivity index (χ2v) is 6.45. The van der Waals surface area contributed by atoms with Crippen LogP contribution in [0.4, 0.5) is 0 Å². The first-order chi connectivity index (χ1) is 12.1. The fraction of sp³-hybridized carbons (Fsp3) is 0.474. The topological polar surface area (TPSA) is 59.4 Å². The first-order valence-corrected chi connectivity index (χ1v) is 8.75. The first kappa shape index (κ1) is 17.5. The van der Waals surface area contributed by atoms with Crippen LogP contribution in [0.3, 0.4) is 0 Å². The molecule has 1 aromatic carbocycles. The van der Waals surface area contributed by atoms with Crippen LogP contribution in [-0.4, -0.2) is 40.8 Å². The number of carbonyl (C=O) groups excluding carboxylic acids is 1. The third-order valence-corrected chi connectivity index (χ3v) is 4.76. The molecule has 6 heteroatoms. The van der Waals surface area contributed by atoms with Crippen LogP contribution in [0.25, 0.3) is 0 Å². The van der Waals surface area contributed by atoms with Gasteiger partial charge in [-0.3, -0.25) is 10.1 Å². The van der Waals surface area contributed by atoms with E-state index in [0.717, 1.165) is 48.6 Å². The van der Waals surface area contributed by atoms with Crippen LogP contribution >= 0.6 is 0 Å². The van der Waals surface area contributed by atoms with Crippen molar-refractivity contribution in [3.63, 3.8) is 0 Å². The van der Waals surface area contributed by atoms with Crippen molar-refractivity contribution in [3.05, 3.63) is 47.2 Å². The number of aryl methyl sites for hydroxylation is 2. The Labute approximate surface area is 148 Å². The number of hydrogen-bond donors (Lipinski definition) is 1. The minimum Gasteiger partial charge on any atom is -0.481 e. The summed E-state index contributed by atoms with van der Waals surface area (Å²) >= 11 is 0. The molecule has 1 N–H and O–H groups in total. The van der Waals surface area contributed by atoms with Crippen LogP contribution in [0.5, 0.6) is 5.88 Å². The van der Waals surface area contributed by atoms with Crippen molar-refractivity contribution < 1.29 is 9.53 Å². The number of ether oxygens (including phenoxy) is 1. The largest absolute Gasteiger partial charge is 0.481 e. The average molecular weight is 342 g/mol. The molecular weight excluding hydrogens is 316 g/mol. The van der Waals surface area contributed by atoms with Crippen molar-refractivity contribution in [2.45, 2.75) is 32.4 Å². The van der Waals surface area contributed by atoms with Crippen LogP contribution in [0.1, 0.15) is 35.7 Å². The van der Waals surface area contributed by atoms with Crippen molar-refractivity contribution in [1.82, 2.24) is 20.0 Å². The SMILES string of the molecule is COc1c(CN[C@H](C(=O)N2CCCC2)c2ccccc2)c(C)nn1C. The van der Waals surface area contributed by atoms with E-state index in [2.05, 4.69) is 10.4 Å². The summed E-state index contributed by atoms with van der Waals surface area (Å²) in [6, 6.07) is 9.55. The van der Waals surface area contributed by atoms with Gasteiger partial charge in [-0.15, -0.1) is 0 Å². The van der Waals surface area contributed by atoms with Gasteiger partial charge in [-0.25, -0.2) is 4.68 Å². The molecule has 1 fully saturated rings. The molecule has 0 spiro atoms. The predicted molar refractivity (Wildman–Crippen MR) is 96.3 cm³/mol. The molecule has 1 amide bonds. The van der Waals surface area contributed by atoms with Crippen molar-refractivity contribution in [2.24, 2.45) is 7.05 Å². The van der Waals surface area contributed by atoms with E-state index in [4.69, 9.17) is 4.74 Å². The minimum atomic E-state index is -0.358. The third kappa shape index (κ3) is 3.69. The summed E-state index contributed by atoms with van der Waals surface area (Å²) in [6.07, 6.45) is 2.17. The van der Waals surface area contributed by atoms with E-state index in [-0.39, 0.29) is 11.9 Å². The Morgan fingerprint density at radius 2 is 1.96 bits per heavy atom. The molecule has 3 rings (SSSR count). The van der Waals surface area contributed by atoms with E-state index in [9.17, 15) is 4.79 Å². The number of nitrogens with zero attached hydrogens (tertiary/aromatic N) is 3. The van der Waals surface area contributed by atoms with Gasteiger partial charge in [0, 0.05) is 26.7 Å². The second-order valence-electron chi connectivity index (χ2n) is 6.45. The normalized spacial score (nSPS) is 15.4. The van der Waals surface area contributed by atoms with Gasteiger partial charge in [-0.2, -0.15) is 5.10 Å². The molecular formula is C19H26N4O2.